The summed E-state index contributed by atoms with van der Waals surface area (Å²) in [4.78, 5) is 20.6. The smallest absolute Gasteiger partial charge is 0.228 e. The van der Waals surface area contributed by atoms with Crippen molar-refractivity contribution in [2.24, 2.45) is 5.92 Å². The number of hydrogen-bond acceptors (Lipinski definition) is 4. The molecule has 5 rings (SSSR count). The van der Waals surface area contributed by atoms with E-state index in [4.69, 9.17) is 9.72 Å². The monoisotopic (exact) mass is 482 g/mol. The fraction of sp³-hybridized carbons (Fsp3) is 0.333. The first-order valence-corrected chi connectivity index (χ1v) is 12.7. The topological polar surface area (TPSA) is 59.4 Å². The SMILES string of the molecule is COc1ccc(Cn2c(CN3CCC[C@@H](C(=O)Nc4c(C)cccc4C)C3)nc3ccccc32)cc1. The van der Waals surface area contributed by atoms with Crippen LogP contribution in [0.1, 0.15) is 35.4 Å². The predicted molar refractivity (Wildman–Crippen MR) is 144 cm³/mol. The van der Waals surface area contributed by atoms with Crippen LogP contribution in [0, 0.1) is 19.8 Å². The Morgan fingerprint density at radius 3 is 2.50 bits per heavy atom. The number of ether oxygens (including phenoxy) is 1. The standard InChI is InChI=1S/C30H34N4O2/c1-21-8-6-9-22(2)29(21)32-30(35)24-10-7-17-33(19-24)20-28-31-26-11-4-5-12-27(26)34(28)18-23-13-15-25(36-3)16-14-23/h4-6,8-9,11-16,24H,7,10,17-20H2,1-3H3,(H,32,35)/t24-/m1/s1. The number of likely N-dealkylation sites (tertiary alicyclic amines) is 1. The van der Waals surface area contributed by atoms with E-state index in [0.717, 1.165) is 78.4 Å². The Kier molecular flexibility index (Phi) is 7.05. The van der Waals surface area contributed by atoms with Crippen molar-refractivity contribution >= 4 is 22.6 Å². The molecule has 1 N–H and O–H groups in total. The van der Waals surface area contributed by atoms with Gasteiger partial charge in [-0.25, -0.2) is 4.98 Å². The van der Waals surface area contributed by atoms with E-state index in [0.29, 0.717) is 0 Å². The highest BCUT2D eigenvalue weighted by molar-refractivity contribution is 5.94. The molecule has 6 heteroatoms. The molecule has 0 unspecified atom stereocenters. The lowest BCUT2D eigenvalue weighted by Crippen LogP contribution is -2.40. The molecule has 1 atom stereocenters. The lowest BCUT2D eigenvalue weighted by Gasteiger charge is -2.32. The third kappa shape index (κ3) is 5.14. The van der Waals surface area contributed by atoms with E-state index in [2.05, 4.69) is 45.1 Å². The fourth-order valence-corrected chi connectivity index (χ4v) is 5.19. The number of anilines is 1. The molecule has 1 aliphatic heterocycles. The van der Waals surface area contributed by atoms with Gasteiger partial charge in [0.15, 0.2) is 0 Å². The van der Waals surface area contributed by atoms with Gasteiger partial charge in [0.2, 0.25) is 5.91 Å². The molecule has 4 aromatic rings. The van der Waals surface area contributed by atoms with Gasteiger partial charge in [-0.1, -0.05) is 42.5 Å². The highest BCUT2D eigenvalue weighted by atomic mass is 16.5. The van der Waals surface area contributed by atoms with Gasteiger partial charge in [0.1, 0.15) is 11.6 Å². The number of nitrogens with one attached hydrogen (secondary N) is 1. The maximum absolute atomic E-state index is 13.2. The molecule has 1 saturated heterocycles. The van der Waals surface area contributed by atoms with Crippen molar-refractivity contribution in [3.8, 4) is 5.75 Å². The second-order valence-electron chi connectivity index (χ2n) is 9.78. The number of aromatic nitrogens is 2. The number of aryl methyl sites for hydroxylation is 2. The molecule has 1 fully saturated rings. The molecule has 0 saturated carbocycles. The number of imidazole rings is 1. The summed E-state index contributed by atoms with van der Waals surface area (Å²) in [5.74, 6) is 1.97. The second kappa shape index (κ2) is 10.5. The molecule has 0 spiro atoms. The van der Waals surface area contributed by atoms with E-state index < -0.39 is 0 Å². The van der Waals surface area contributed by atoms with Crippen LogP contribution >= 0.6 is 0 Å². The molecule has 3 aromatic carbocycles. The highest BCUT2D eigenvalue weighted by Gasteiger charge is 2.27. The minimum atomic E-state index is -0.0304. The van der Waals surface area contributed by atoms with Crippen molar-refractivity contribution in [2.45, 2.75) is 39.8 Å². The first-order valence-electron chi connectivity index (χ1n) is 12.7. The van der Waals surface area contributed by atoms with Crippen molar-refractivity contribution in [1.29, 1.82) is 0 Å². The number of amides is 1. The Morgan fingerprint density at radius 1 is 1.00 bits per heavy atom. The first kappa shape index (κ1) is 24.1. The van der Waals surface area contributed by atoms with Gasteiger partial charge in [-0.05, 0) is 74.2 Å². The van der Waals surface area contributed by atoms with Crippen molar-refractivity contribution < 1.29 is 9.53 Å². The summed E-state index contributed by atoms with van der Waals surface area (Å²) in [6.07, 6.45) is 1.92. The van der Waals surface area contributed by atoms with Gasteiger partial charge in [0, 0.05) is 18.8 Å². The summed E-state index contributed by atoms with van der Waals surface area (Å²) in [5.41, 5.74) is 6.48. The third-order valence-electron chi connectivity index (χ3n) is 7.20. The summed E-state index contributed by atoms with van der Waals surface area (Å²) in [7, 11) is 1.69. The highest BCUT2D eigenvalue weighted by Crippen LogP contribution is 2.25. The van der Waals surface area contributed by atoms with Gasteiger partial charge in [-0.3, -0.25) is 9.69 Å². The molecular formula is C30H34N4O2. The Hall–Kier alpha value is -3.64. The van der Waals surface area contributed by atoms with Crippen molar-refractivity contribution in [3.63, 3.8) is 0 Å². The molecule has 186 valence electrons. The van der Waals surface area contributed by atoms with E-state index in [1.165, 1.54) is 5.56 Å². The van der Waals surface area contributed by atoms with Crippen LogP contribution in [0.3, 0.4) is 0 Å². The summed E-state index contributed by atoms with van der Waals surface area (Å²) >= 11 is 0. The van der Waals surface area contributed by atoms with E-state index in [9.17, 15) is 4.79 Å². The Morgan fingerprint density at radius 2 is 1.75 bits per heavy atom. The summed E-state index contributed by atoms with van der Waals surface area (Å²) < 4.78 is 7.62. The zero-order chi connectivity index (χ0) is 25.1. The average molecular weight is 483 g/mol. The minimum absolute atomic E-state index is 0.0304. The quantitative estimate of drug-likeness (QED) is 0.375. The Bertz CT molecular complexity index is 1340. The molecule has 2 heterocycles. The number of nitrogens with zero attached hydrogens (tertiary/aromatic N) is 3. The van der Waals surface area contributed by atoms with Gasteiger partial charge in [-0.15, -0.1) is 0 Å². The lowest BCUT2D eigenvalue weighted by atomic mass is 9.96. The molecule has 0 aliphatic carbocycles. The van der Waals surface area contributed by atoms with E-state index in [1.54, 1.807) is 7.11 Å². The lowest BCUT2D eigenvalue weighted by molar-refractivity contribution is -0.121. The third-order valence-corrected chi connectivity index (χ3v) is 7.20. The summed E-state index contributed by atoms with van der Waals surface area (Å²) in [6.45, 7) is 7.26. The zero-order valence-electron chi connectivity index (χ0n) is 21.3. The second-order valence-corrected chi connectivity index (χ2v) is 9.78. The van der Waals surface area contributed by atoms with Gasteiger partial charge in [0.25, 0.3) is 0 Å². The summed E-state index contributed by atoms with van der Waals surface area (Å²) in [5, 5.41) is 3.21. The molecular weight excluding hydrogens is 448 g/mol. The van der Waals surface area contributed by atoms with Crippen molar-refractivity contribution in [2.75, 3.05) is 25.5 Å². The number of methoxy groups -OCH3 is 1. The molecule has 1 amide bonds. The predicted octanol–water partition coefficient (Wildman–Crippen LogP) is 5.56. The van der Waals surface area contributed by atoms with E-state index in [-0.39, 0.29) is 11.8 Å². The minimum Gasteiger partial charge on any atom is -0.497 e. The molecule has 36 heavy (non-hydrogen) atoms. The fourth-order valence-electron chi connectivity index (χ4n) is 5.19. The number of carbonyl (C=O) groups is 1. The van der Waals surface area contributed by atoms with Crippen LogP contribution in [-0.4, -0.2) is 40.6 Å². The largest absolute Gasteiger partial charge is 0.497 e. The number of hydrogen-bond donors (Lipinski definition) is 1. The van der Waals surface area contributed by atoms with Crippen LogP contribution in [0.2, 0.25) is 0 Å². The average Bonchev–Trinajstić information content (AvgIpc) is 3.23. The van der Waals surface area contributed by atoms with Crippen molar-refractivity contribution in [1.82, 2.24) is 14.5 Å². The Balaban J connectivity index is 1.33. The normalized spacial score (nSPS) is 16.2. The van der Waals surface area contributed by atoms with Crippen LogP contribution in [0.25, 0.3) is 11.0 Å². The molecule has 1 aromatic heterocycles. The van der Waals surface area contributed by atoms with Crippen LogP contribution < -0.4 is 10.1 Å². The molecule has 6 nitrogen and oxygen atoms in total. The summed E-state index contributed by atoms with van der Waals surface area (Å²) in [6, 6.07) is 22.6. The number of piperidine rings is 1. The first-order chi connectivity index (χ1) is 17.5. The van der Waals surface area contributed by atoms with E-state index >= 15 is 0 Å². The van der Waals surface area contributed by atoms with Gasteiger partial charge >= 0.3 is 0 Å². The number of rotatable bonds is 7. The van der Waals surface area contributed by atoms with Gasteiger partial charge in [-0.2, -0.15) is 0 Å². The van der Waals surface area contributed by atoms with E-state index in [1.807, 2.05) is 50.2 Å². The number of para-hydroxylation sites is 3. The van der Waals surface area contributed by atoms with Gasteiger partial charge < -0.3 is 14.6 Å². The maximum atomic E-state index is 13.2. The van der Waals surface area contributed by atoms with Gasteiger partial charge in [0.05, 0.1) is 30.6 Å². The van der Waals surface area contributed by atoms with Crippen LogP contribution in [0.5, 0.6) is 5.75 Å². The Labute approximate surface area is 212 Å². The van der Waals surface area contributed by atoms with Crippen molar-refractivity contribution in [3.05, 3.63) is 89.2 Å². The molecule has 0 radical (unpaired) electrons. The zero-order valence-corrected chi connectivity index (χ0v) is 21.3. The van der Waals surface area contributed by atoms with Crippen LogP contribution in [0.4, 0.5) is 5.69 Å². The number of carbonyl (C=O) groups excluding carboxylic acids is 1. The molecule has 0 bridgehead atoms. The van der Waals surface area contributed by atoms with Crippen LogP contribution in [-0.2, 0) is 17.9 Å². The maximum Gasteiger partial charge on any atom is 0.228 e. The number of benzene rings is 3. The van der Waals surface area contributed by atoms with Crippen LogP contribution in [0.15, 0.2) is 66.7 Å². The molecule has 1 aliphatic rings. The number of fused-ring (bicyclic) bond motifs is 1.